The molecule has 0 N–H and O–H groups in total. The Bertz CT molecular complexity index is 1880. The Morgan fingerprint density at radius 2 is 0.750 bits per heavy atom. The van der Waals surface area contributed by atoms with Crippen LogP contribution in [0.5, 0.6) is 0 Å². The highest BCUT2D eigenvalue weighted by molar-refractivity contribution is 7.33. The number of nitro benzene ring substituents is 3. The third-order valence-corrected chi connectivity index (χ3v) is 9.89. The number of nitrogens with zero attached hydrogens (tertiary/aromatic N) is 3. The van der Waals surface area contributed by atoms with Crippen LogP contribution in [0.1, 0.15) is 0 Å². The number of rotatable bonds is 3. The fourth-order valence-electron chi connectivity index (χ4n) is 4.80. The van der Waals surface area contributed by atoms with E-state index < -0.39 is 14.8 Å². The maximum Gasteiger partial charge on any atom is 0.270 e. The van der Waals surface area contributed by atoms with Gasteiger partial charge in [0.05, 0.1) is 14.8 Å². The molecule has 0 fully saturated rings. The summed E-state index contributed by atoms with van der Waals surface area (Å²) in [6, 6.07) is 14.3. The van der Waals surface area contributed by atoms with Crippen LogP contribution in [-0.4, -0.2) is 14.8 Å². The second kappa shape index (κ2) is 7.13. The van der Waals surface area contributed by atoms with Crippen molar-refractivity contribution >= 4 is 112 Å². The Labute approximate surface area is 210 Å². The Morgan fingerprint density at radius 1 is 0.472 bits per heavy atom. The van der Waals surface area contributed by atoms with Gasteiger partial charge >= 0.3 is 0 Å². The van der Waals surface area contributed by atoms with Gasteiger partial charge in [-0.3, -0.25) is 30.3 Å². The zero-order valence-electron chi connectivity index (χ0n) is 17.7. The predicted octanol–water partition coefficient (Wildman–Crippen LogP) is 8.51. The number of benzene rings is 4. The summed E-state index contributed by atoms with van der Waals surface area (Å²) < 4.78 is 5.25. The van der Waals surface area contributed by atoms with Crippen LogP contribution in [0.2, 0.25) is 0 Å². The molecule has 0 aliphatic rings. The van der Waals surface area contributed by atoms with E-state index in [1.807, 2.05) is 0 Å². The number of hydrogen-bond acceptors (Lipinski definition) is 9. The lowest BCUT2D eigenvalue weighted by Crippen LogP contribution is -1.86. The molecule has 7 aromatic rings. The van der Waals surface area contributed by atoms with Crippen LogP contribution in [0, 0.1) is 30.3 Å². The summed E-state index contributed by atoms with van der Waals surface area (Å²) in [5.74, 6) is 0. The molecule has 0 amide bonds. The number of hydrogen-bond donors (Lipinski definition) is 0. The van der Waals surface area contributed by atoms with Crippen LogP contribution in [-0.2, 0) is 0 Å². The SMILES string of the molecule is O=[N+]([O-])c1ccc2sc3c(c2c1)c1sc2ccc([N+](=O)[O-])cc2c1c1sc2ccc([N+](=O)[O-])cc2c31. The highest BCUT2D eigenvalue weighted by Gasteiger charge is 2.24. The molecular formula is C24H9N3O6S3. The first-order valence-electron chi connectivity index (χ1n) is 10.5. The molecule has 174 valence electrons. The van der Waals surface area contributed by atoms with Crippen LogP contribution in [0.3, 0.4) is 0 Å². The van der Waals surface area contributed by atoms with Crippen LogP contribution >= 0.6 is 34.0 Å². The van der Waals surface area contributed by atoms with Crippen LogP contribution in [0.15, 0.2) is 54.6 Å². The summed E-state index contributed by atoms with van der Waals surface area (Å²) >= 11 is 4.47. The van der Waals surface area contributed by atoms with E-state index in [1.165, 1.54) is 52.2 Å². The van der Waals surface area contributed by atoms with Gasteiger partial charge in [-0.1, -0.05) is 0 Å². The van der Waals surface area contributed by atoms with Crippen molar-refractivity contribution in [2.45, 2.75) is 0 Å². The molecule has 3 heterocycles. The molecule has 0 unspecified atom stereocenters. The van der Waals surface area contributed by atoms with Gasteiger partial charge in [-0.15, -0.1) is 34.0 Å². The summed E-state index contributed by atoms with van der Waals surface area (Å²) in [7, 11) is 0. The molecule has 0 spiro atoms. The van der Waals surface area contributed by atoms with Gasteiger partial charge in [0.1, 0.15) is 0 Å². The molecule has 0 radical (unpaired) electrons. The van der Waals surface area contributed by atoms with E-state index in [4.69, 9.17) is 0 Å². The first-order valence-corrected chi connectivity index (χ1v) is 12.9. The molecule has 36 heavy (non-hydrogen) atoms. The summed E-state index contributed by atoms with van der Waals surface area (Å²) in [5.41, 5.74) is -0.0889. The van der Waals surface area contributed by atoms with Gasteiger partial charge in [0.15, 0.2) is 0 Å². The van der Waals surface area contributed by atoms with Crippen LogP contribution < -0.4 is 0 Å². The molecule has 0 saturated heterocycles. The average molecular weight is 532 g/mol. The number of thiophene rings is 3. The number of nitro groups is 3. The Balaban J connectivity index is 1.80. The third kappa shape index (κ3) is 2.74. The Kier molecular flexibility index (Phi) is 4.17. The molecule has 4 aromatic carbocycles. The van der Waals surface area contributed by atoms with Gasteiger partial charge in [-0.05, 0) is 18.2 Å². The fraction of sp³-hybridized carbons (Fsp3) is 0. The quantitative estimate of drug-likeness (QED) is 0.166. The van der Waals surface area contributed by atoms with Crippen molar-refractivity contribution in [2.24, 2.45) is 0 Å². The number of fused-ring (bicyclic) bond motifs is 12. The molecule has 12 heteroatoms. The summed E-state index contributed by atoms with van der Waals surface area (Å²) in [6.45, 7) is 0. The summed E-state index contributed by atoms with van der Waals surface area (Å²) in [5, 5.41) is 39.3. The van der Waals surface area contributed by atoms with Crippen molar-refractivity contribution in [2.75, 3.05) is 0 Å². The lowest BCUT2D eigenvalue weighted by molar-refractivity contribution is -0.384. The van der Waals surface area contributed by atoms with E-state index >= 15 is 0 Å². The summed E-state index contributed by atoms with van der Waals surface area (Å²) in [4.78, 5) is 33.3. The van der Waals surface area contributed by atoms with Crippen molar-refractivity contribution in [3.63, 3.8) is 0 Å². The van der Waals surface area contributed by atoms with E-state index in [2.05, 4.69) is 0 Å². The molecule has 0 bridgehead atoms. The molecular weight excluding hydrogens is 522 g/mol. The molecule has 3 aromatic heterocycles. The molecule has 0 aliphatic heterocycles. The zero-order valence-corrected chi connectivity index (χ0v) is 20.2. The lowest BCUT2D eigenvalue weighted by atomic mass is 10.0. The maximum atomic E-state index is 11.5. The van der Waals surface area contributed by atoms with E-state index in [9.17, 15) is 30.3 Å². The monoisotopic (exact) mass is 531 g/mol. The van der Waals surface area contributed by atoms with E-state index in [0.29, 0.717) is 0 Å². The van der Waals surface area contributed by atoms with E-state index in [0.717, 1.165) is 60.5 Å². The van der Waals surface area contributed by atoms with Crippen molar-refractivity contribution in [1.82, 2.24) is 0 Å². The Hall–Kier alpha value is -4.26. The second-order valence-electron chi connectivity index (χ2n) is 8.23. The van der Waals surface area contributed by atoms with E-state index in [1.54, 1.807) is 36.4 Å². The van der Waals surface area contributed by atoms with Gasteiger partial charge in [-0.2, -0.15) is 0 Å². The maximum absolute atomic E-state index is 11.5. The van der Waals surface area contributed by atoms with Crippen LogP contribution in [0.25, 0.3) is 60.5 Å². The third-order valence-electron chi connectivity index (χ3n) is 6.33. The minimum atomic E-state index is -0.434. The number of non-ortho nitro benzene ring substituents is 3. The van der Waals surface area contributed by atoms with Gasteiger partial charge in [0.25, 0.3) is 17.1 Å². The zero-order chi connectivity index (χ0) is 24.9. The standard InChI is InChI=1S/C24H9N3O6S3/c28-25(29)10-1-4-16-13(7-10)19-22(34-16)20-14-8-11(26(30)31)2-5-17(14)36-24(20)21-15-9-12(27(32)33)3-6-18(15)35-23(19)21/h1-9H. The van der Waals surface area contributed by atoms with Crippen molar-refractivity contribution < 1.29 is 14.8 Å². The minimum absolute atomic E-state index is 0.0296. The normalized spacial score (nSPS) is 12.0. The van der Waals surface area contributed by atoms with Gasteiger partial charge in [-0.25, -0.2) is 0 Å². The second-order valence-corrected chi connectivity index (χ2v) is 11.4. The highest BCUT2D eigenvalue weighted by Crippen LogP contribution is 2.53. The first kappa shape index (κ1) is 21.1. The average Bonchev–Trinajstić information content (AvgIpc) is 3.52. The lowest BCUT2D eigenvalue weighted by Gasteiger charge is -2.01. The topological polar surface area (TPSA) is 129 Å². The van der Waals surface area contributed by atoms with Gasteiger partial charge < -0.3 is 0 Å². The van der Waals surface area contributed by atoms with Gasteiger partial charge in [0, 0.05) is 96.9 Å². The summed E-state index contributed by atoms with van der Waals surface area (Å²) in [6.07, 6.45) is 0. The Morgan fingerprint density at radius 3 is 1.00 bits per heavy atom. The molecule has 7 rings (SSSR count). The fourth-order valence-corrected chi connectivity index (χ4v) is 8.76. The van der Waals surface area contributed by atoms with Crippen molar-refractivity contribution in [3.8, 4) is 0 Å². The van der Waals surface area contributed by atoms with Gasteiger partial charge in [0.2, 0.25) is 0 Å². The molecule has 0 saturated carbocycles. The first-order chi connectivity index (χ1) is 17.3. The van der Waals surface area contributed by atoms with E-state index in [-0.39, 0.29) is 17.1 Å². The van der Waals surface area contributed by atoms with Crippen molar-refractivity contribution in [3.05, 3.63) is 84.9 Å². The van der Waals surface area contributed by atoms with Crippen LogP contribution in [0.4, 0.5) is 17.1 Å². The highest BCUT2D eigenvalue weighted by atomic mass is 32.1. The molecule has 0 aliphatic carbocycles. The predicted molar refractivity (Wildman–Crippen MR) is 145 cm³/mol. The minimum Gasteiger partial charge on any atom is -0.258 e. The molecule has 9 nitrogen and oxygen atoms in total. The molecule has 0 atom stereocenters. The largest absolute Gasteiger partial charge is 0.270 e. The smallest absolute Gasteiger partial charge is 0.258 e. The van der Waals surface area contributed by atoms with Crippen molar-refractivity contribution in [1.29, 1.82) is 0 Å².